The molecule has 154 valence electrons. The molecule has 0 aliphatic rings. The monoisotopic (exact) mass is 423 g/mol. The molecule has 2 aromatic rings. The van der Waals surface area contributed by atoms with Crippen LogP contribution in [0.1, 0.15) is 47.7 Å². The van der Waals surface area contributed by atoms with Crippen molar-refractivity contribution in [3.8, 4) is 0 Å². The Balaban J connectivity index is 1.91. The third-order valence-corrected chi connectivity index (χ3v) is 4.83. The quantitative estimate of drug-likeness (QED) is 0.332. The molecule has 3 nitrogen and oxygen atoms in total. The number of halogens is 4. The molecule has 2 rings (SSSR count). The Morgan fingerprint density at radius 1 is 1.10 bits per heavy atom. The van der Waals surface area contributed by atoms with Gasteiger partial charge in [0.2, 0.25) is 0 Å². The van der Waals surface area contributed by atoms with Crippen molar-refractivity contribution in [3.63, 3.8) is 0 Å². The minimum atomic E-state index is -4.54. The Kier molecular flexibility index (Phi) is 7.62. The summed E-state index contributed by atoms with van der Waals surface area (Å²) in [6, 6.07) is 11.5. The fourth-order valence-corrected chi connectivity index (χ4v) is 2.90. The Morgan fingerprint density at radius 3 is 2.45 bits per heavy atom. The van der Waals surface area contributed by atoms with Crippen molar-refractivity contribution in [1.82, 2.24) is 5.32 Å². The van der Waals surface area contributed by atoms with Crippen LogP contribution >= 0.6 is 11.6 Å². The first-order valence-electron chi connectivity index (χ1n) is 8.99. The molecule has 0 saturated carbocycles. The topological polar surface area (TPSA) is 46.2 Å². The van der Waals surface area contributed by atoms with Gasteiger partial charge in [-0.2, -0.15) is 13.2 Å². The van der Waals surface area contributed by atoms with Crippen molar-refractivity contribution in [2.24, 2.45) is 0 Å². The SMILES string of the molecule is CC(NC=CC(=O)CC(=O)c1cccc(C(F)(F)F)c1)C(C)c1cccc(Cl)c1. The number of hydrogen-bond acceptors (Lipinski definition) is 3. The van der Waals surface area contributed by atoms with E-state index in [4.69, 9.17) is 11.6 Å². The zero-order valence-corrected chi connectivity index (χ0v) is 16.7. The highest BCUT2D eigenvalue weighted by atomic mass is 35.5. The number of Topliss-reactive ketones (excluding diaryl/α,β-unsaturated/α-hetero) is 1. The molecule has 0 heterocycles. The van der Waals surface area contributed by atoms with Gasteiger partial charge in [-0.1, -0.05) is 42.8 Å². The maximum absolute atomic E-state index is 12.7. The summed E-state index contributed by atoms with van der Waals surface area (Å²) in [6.45, 7) is 3.95. The van der Waals surface area contributed by atoms with E-state index < -0.39 is 29.7 Å². The molecule has 29 heavy (non-hydrogen) atoms. The van der Waals surface area contributed by atoms with E-state index in [0.29, 0.717) is 5.02 Å². The summed E-state index contributed by atoms with van der Waals surface area (Å²) in [4.78, 5) is 24.1. The Morgan fingerprint density at radius 2 is 1.79 bits per heavy atom. The number of hydrogen-bond donors (Lipinski definition) is 1. The molecule has 0 aliphatic carbocycles. The highest BCUT2D eigenvalue weighted by molar-refractivity contribution is 6.30. The van der Waals surface area contributed by atoms with E-state index in [1.165, 1.54) is 18.3 Å². The van der Waals surface area contributed by atoms with Crippen LogP contribution in [0.2, 0.25) is 5.02 Å². The summed E-state index contributed by atoms with van der Waals surface area (Å²) in [6.07, 6.45) is -2.38. The summed E-state index contributed by atoms with van der Waals surface area (Å²) >= 11 is 6.00. The van der Waals surface area contributed by atoms with Gasteiger partial charge in [-0.05, 0) is 42.8 Å². The van der Waals surface area contributed by atoms with E-state index in [9.17, 15) is 22.8 Å². The van der Waals surface area contributed by atoms with Crippen LogP contribution in [0.4, 0.5) is 13.2 Å². The van der Waals surface area contributed by atoms with E-state index in [0.717, 1.165) is 23.8 Å². The largest absolute Gasteiger partial charge is 0.416 e. The van der Waals surface area contributed by atoms with Crippen molar-refractivity contribution >= 4 is 23.2 Å². The fraction of sp³-hybridized carbons (Fsp3) is 0.273. The summed E-state index contributed by atoms with van der Waals surface area (Å²) in [5.41, 5.74) is -0.0220. The average molecular weight is 424 g/mol. The number of alkyl halides is 3. The highest BCUT2D eigenvalue weighted by Crippen LogP contribution is 2.29. The molecule has 0 aliphatic heterocycles. The first kappa shape index (κ1) is 22.7. The van der Waals surface area contributed by atoms with E-state index >= 15 is 0 Å². The van der Waals surface area contributed by atoms with Crippen LogP contribution in [-0.4, -0.2) is 17.6 Å². The number of ketones is 2. The third kappa shape index (κ3) is 6.75. The van der Waals surface area contributed by atoms with E-state index in [1.807, 2.05) is 32.0 Å². The first-order valence-corrected chi connectivity index (χ1v) is 9.37. The predicted octanol–water partition coefficient (Wildman–Crippen LogP) is 5.80. The van der Waals surface area contributed by atoms with Crippen molar-refractivity contribution in [1.29, 1.82) is 0 Å². The molecular weight excluding hydrogens is 403 g/mol. The van der Waals surface area contributed by atoms with Crippen LogP contribution in [0, 0.1) is 0 Å². The zero-order valence-electron chi connectivity index (χ0n) is 16.0. The van der Waals surface area contributed by atoms with Crippen LogP contribution in [0.25, 0.3) is 0 Å². The van der Waals surface area contributed by atoms with Crippen LogP contribution in [-0.2, 0) is 11.0 Å². The number of carbonyl (C=O) groups excluding carboxylic acids is 2. The Bertz CT molecular complexity index is 909. The molecule has 0 amide bonds. The van der Waals surface area contributed by atoms with Crippen LogP contribution < -0.4 is 5.32 Å². The number of allylic oxidation sites excluding steroid dienone is 1. The van der Waals surface area contributed by atoms with Gasteiger partial charge in [0.25, 0.3) is 0 Å². The molecule has 0 spiro atoms. The van der Waals surface area contributed by atoms with E-state index in [1.54, 1.807) is 6.07 Å². The molecule has 2 aromatic carbocycles. The van der Waals surface area contributed by atoms with Gasteiger partial charge in [-0.15, -0.1) is 0 Å². The second-order valence-corrected chi connectivity index (χ2v) is 7.21. The summed E-state index contributed by atoms with van der Waals surface area (Å²) in [7, 11) is 0. The number of carbonyl (C=O) groups is 2. The van der Waals surface area contributed by atoms with Gasteiger partial charge >= 0.3 is 6.18 Å². The molecule has 0 aromatic heterocycles. The van der Waals surface area contributed by atoms with Gasteiger partial charge in [0.15, 0.2) is 11.6 Å². The van der Waals surface area contributed by atoms with Crippen LogP contribution in [0.3, 0.4) is 0 Å². The van der Waals surface area contributed by atoms with Crippen molar-refractivity contribution in [2.45, 2.75) is 38.4 Å². The van der Waals surface area contributed by atoms with Gasteiger partial charge < -0.3 is 5.32 Å². The molecule has 1 N–H and O–H groups in total. The Hall–Kier alpha value is -2.60. The third-order valence-electron chi connectivity index (χ3n) is 4.60. The smallest absolute Gasteiger partial charge is 0.388 e. The Labute approximate surface area is 172 Å². The predicted molar refractivity (Wildman–Crippen MR) is 107 cm³/mol. The van der Waals surface area contributed by atoms with Crippen LogP contribution in [0.5, 0.6) is 0 Å². The number of rotatable bonds is 8. The normalized spacial score (nSPS) is 13.9. The minimum absolute atomic E-state index is 0.0170. The summed E-state index contributed by atoms with van der Waals surface area (Å²) in [5.74, 6) is -1.05. The molecule has 0 radical (unpaired) electrons. The number of nitrogens with one attached hydrogen (secondary N) is 1. The molecule has 0 saturated heterocycles. The van der Waals surface area contributed by atoms with Crippen molar-refractivity contribution < 1.29 is 22.8 Å². The van der Waals surface area contributed by atoms with Crippen molar-refractivity contribution in [3.05, 3.63) is 82.5 Å². The summed E-state index contributed by atoms with van der Waals surface area (Å²) in [5, 5.41) is 3.71. The van der Waals surface area contributed by atoms with Gasteiger partial charge in [-0.25, -0.2) is 0 Å². The maximum atomic E-state index is 12.7. The van der Waals surface area contributed by atoms with Gasteiger partial charge in [0.1, 0.15) is 0 Å². The summed E-state index contributed by atoms with van der Waals surface area (Å²) < 4.78 is 38.2. The average Bonchev–Trinajstić information content (AvgIpc) is 2.66. The maximum Gasteiger partial charge on any atom is 0.416 e. The second kappa shape index (κ2) is 9.74. The van der Waals surface area contributed by atoms with E-state index in [-0.39, 0.29) is 17.5 Å². The standard InChI is InChI=1S/C22H21ClF3NO2/c1-14(16-5-4-8-19(23)12-16)15(2)27-10-9-20(28)13-21(29)17-6-3-7-18(11-17)22(24,25)26/h3-12,14-15,27H,13H2,1-2H3. The molecule has 0 fully saturated rings. The van der Waals surface area contributed by atoms with Crippen molar-refractivity contribution in [2.75, 3.05) is 0 Å². The lowest BCUT2D eigenvalue weighted by atomic mass is 9.94. The second-order valence-electron chi connectivity index (χ2n) is 6.78. The molecular formula is C22H21ClF3NO2. The van der Waals surface area contributed by atoms with Crippen LogP contribution in [0.15, 0.2) is 60.8 Å². The van der Waals surface area contributed by atoms with Gasteiger partial charge in [-0.3, -0.25) is 9.59 Å². The lowest BCUT2D eigenvalue weighted by Crippen LogP contribution is -2.26. The molecule has 2 unspecified atom stereocenters. The highest BCUT2D eigenvalue weighted by Gasteiger charge is 2.30. The number of benzene rings is 2. The molecule has 7 heteroatoms. The first-order chi connectivity index (χ1) is 13.6. The minimum Gasteiger partial charge on any atom is -0.388 e. The molecule has 0 bridgehead atoms. The fourth-order valence-electron chi connectivity index (χ4n) is 2.70. The van der Waals surface area contributed by atoms with E-state index in [2.05, 4.69) is 5.32 Å². The molecule has 2 atom stereocenters. The lowest BCUT2D eigenvalue weighted by molar-refractivity contribution is -0.137. The van der Waals surface area contributed by atoms with Gasteiger partial charge in [0, 0.05) is 28.7 Å². The van der Waals surface area contributed by atoms with Gasteiger partial charge in [0.05, 0.1) is 12.0 Å². The zero-order chi connectivity index (χ0) is 21.6. The lowest BCUT2D eigenvalue weighted by Gasteiger charge is -2.20.